The summed E-state index contributed by atoms with van der Waals surface area (Å²) in [7, 11) is 4.34. The van der Waals surface area contributed by atoms with Gasteiger partial charge in [-0.2, -0.15) is 9.66 Å². The van der Waals surface area contributed by atoms with Crippen molar-refractivity contribution < 1.29 is 9.30 Å². The molecule has 27 heavy (non-hydrogen) atoms. The number of nitrogens with zero attached hydrogens (tertiary/aromatic N) is 2. The van der Waals surface area contributed by atoms with Crippen molar-refractivity contribution >= 4 is 22.5 Å². The van der Waals surface area contributed by atoms with E-state index in [1.54, 1.807) is 0 Å². The first-order valence-corrected chi connectivity index (χ1v) is 9.99. The Kier molecular flexibility index (Phi) is 5.98. The largest absolute Gasteiger partial charge is 0.337 e. The number of nitrogens with one attached hydrogen (secondary N) is 3. The van der Waals surface area contributed by atoms with Crippen LogP contribution in [0.15, 0.2) is 24.3 Å². The highest BCUT2D eigenvalue weighted by molar-refractivity contribution is 5.78. The van der Waals surface area contributed by atoms with Crippen molar-refractivity contribution in [2.45, 2.75) is 39.5 Å². The highest BCUT2D eigenvalue weighted by atomic mass is 15.1. The summed E-state index contributed by atoms with van der Waals surface area (Å²) in [5.41, 5.74) is 6.17. The summed E-state index contributed by atoms with van der Waals surface area (Å²) in [5.74, 6) is 1.14. The summed E-state index contributed by atoms with van der Waals surface area (Å²) in [6.07, 6.45) is 4.54. The summed E-state index contributed by atoms with van der Waals surface area (Å²) in [6, 6.07) is 10.7. The minimum atomic E-state index is 0.751. The second kappa shape index (κ2) is 8.41. The number of imidazole rings is 1. The van der Waals surface area contributed by atoms with Crippen molar-refractivity contribution in [1.29, 1.82) is 5.26 Å². The van der Waals surface area contributed by atoms with Crippen LogP contribution in [0, 0.1) is 18.3 Å². The van der Waals surface area contributed by atoms with Gasteiger partial charge >= 0.3 is 0 Å². The van der Waals surface area contributed by atoms with E-state index in [2.05, 4.69) is 66.9 Å². The molecule has 0 aliphatic rings. The number of fused-ring (bicyclic) bond motifs is 3. The lowest BCUT2D eigenvalue weighted by Gasteiger charge is -2.14. The minimum absolute atomic E-state index is 0.751. The molecule has 1 aromatic carbocycles. The zero-order valence-electron chi connectivity index (χ0n) is 16.9. The van der Waals surface area contributed by atoms with Gasteiger partial charge in [-0.3, -0.25) is 10.3 Å². The lowest BCUT2D eigenvalue weighted by Crippen LogP contribution is -3.06. The molecule has 0 fully saturated rings. The van der Waals surface area contributed by atoms with E-state index in [9.17, 15) is 5.26 Å². The number of rotatable bonds is 8. The minimum Gasteiger partial charge on any atom is -0.337 e. The first-order valence-electron chi connectivity index (χ1n) is 9.99. The van der Waals surface area contributed by atoms with Crippen LogP contribution in [-0.4, -0.2) is 32.2 Å². The average molecular weight is 366 g/mol. The summed E-state index contributed by atoms with van der Waals surface area (Å²) in [4.78, 5) is 4.88. The van der Waals surface area contributed by atoms with Crippen molar-refractivity contribution in [3.63, 3.8) is 0 Å². The van der Waals surface area contributed by atoms with Crippen LogP contribution in [0.2, 0.25) is 0 Å². The predicted molar refractivity (Wildman–Crippen MR) is 110 cm³/mol. The van der Waals surface area contributed by atoms with Crippen LogP contribution in [0.3, 0.4) is 0 Å². The van der Waals surface area contributed by atoms with Gasteiger partial charge < -0.3 is 4.90 Å². The van der Waals surface area contributed by atoms with Gasteiger partial charge in [0.2, 0.25) is 11.5 Å². The van der Waals surface area contributed by atoms with Gasteiger partial charge in [0.1, 0.15) is 35.8 Å². The Balaban J connectivity index is 2.23. The van der Waals surface area contributed by atoms with Crippen LogP contribution in [-0.2, 0) is 6.42 Å². The number of unbranched alkanes of at least 4 members (excludes halogenated alkanes) is 2. The molecule has 0 amide bonds. The van der Waals surface area contributed by atoms with Crippen molar-refractivity contribution in [3.05, 3.63) is 41.0 Å². The molecule has 0 atom stereocenters. The molecule has 0 radical (unpaired) electrons. The molecule has 2 heterocycles. The van der Waals surface area contributed by atoms with Gasteiger partial charge in [-0.1, -0.05) is 31.9 Å². The van der Waals surface area contributed by atoms with Gasteiger partial charge in [0.05, 0.1) is 14.1 Å². The third-order valence-corrected chi connectivity index (χ3v) is 5.26. The maximum Gasteiger partial charge on any atom is 0.250 e. The number of para-hydroxylation sites is 2. The molecule has 0 unspecified atom stereocenters. The summed E-state index contributed by atoms with van der Waals surface area (Å²) in [6.45, 7) is 6.26. The van der Waals surface area contributed by atoms with E-state index in [1.165, 1.54) is 23.3 Å². The Morgan fingerprint density at radius 3 is 2.70 bits per heavy atom. The van der Waals surface area contributed by atoms with Crippen molar-refractivity contribution in [3.8, 4) is 6.07 Å². The molecule has 142 valence electrons. The van der Waals surface area contributed by atoms with Crippen molar-refractivity contribution in [1.82, 2.24) is 4.98 Å². The monoisotopic (exact) mass is 365 g/mol. The highest BCUT2D eigenvalue weighted by Crippen LogP contribution is 2.26. The molecular formula is C22H31N5+2. The number of pyridine rings is 1. The van der Waals surface area contributed by atoms with Crippen molar-refractivity contribution in [2.75, 3.05) is 32.5 Å². The maximum atomic E-state index is 9.87. The highest BCUT2D eigenvalue weighted by Gasteiger charge is 2.25. The first-order chi connectivity index (χ1) is 13.1. The topological polar surface area (TPSA) is 60.1 Å². The van der Waals surface area contributed by atoms with Gasteiger partial charge in [0.15, 0.2) is 0 Å². The number of hydrogen-bond donors (Lipinski definition) is 3. The second-order valence-electron chi connectivity index (χ2n) is 7.61. The Hall–Kier alpha value is -2.58. The van der Waals surface area contributed by atoms with Gasteiger partial charge in [0, 0.05) is 5.56 Å². The SMILES string of the molecule is CCCCCc1c(C)c(C#N)c2[nH]c3ccccc3[n+]2c1NCC[NH+](C)C. The first kappa shape index (κ1) is 19.2. The van der Waals surface area contributed by atoms with E-state index >= 15 is 0 Å². The fourth-order valence-corrected chi connectivity index (χ4v) is 3.74. The zero-order chi connectivity index (χ0) is 19.4. The molecule has 3 aromatic rings. The number of anilines is 1. The smallest absolute Gasteiger partial charge is 0.250 e. The van der Waals surface area contributed by atoms with Gasteiger partial charge in [0.25, 0.3) is 0 Å². The number of benzene rings is 1. The van der Waals surface area contributed by atoms with E-state index < -0.39 is 0 Å². The molecule has 0 aliphatic carbocycles. The molecule has 5 heteroatoms. The zero-order valence-corrected chi connectivity index (χ0v) is 16.9. The van der Waals surface area contributed by atoms with Crippen LogP contribution in [0.1, 0.15) is 42.9 Å². The Labute approximate surface area is 161 Å². The summed E-state index contributed by atoms with van der Waals surface area (Å²) >= 11 is 0. The molecule has 2 aromatic heterocycles. The van der Waals surface area contributed by atoms with Crippen LogP contribution in [0.25, 0.3) is 16.7 Å². The maximum absolute atomic E-state index is 9.87. The fraction of sp³-hybridized carbons (Fsp3) is 0.455. The second-order valence-corrected chi connectivity index (χ2v) is 7.61. The number of aromatic amines is 1. The lowest BCUT2D eigenvalue weighted by molar-refractivity contribution is -0.856. The Morgan fingerprint density at radius 2 is 2.00 bits per heavy atom. The molecule has 3 N–H and O–H groups in total. The standard InChI is InChI=1S/C22H29N5/c1-5-6-7-10-17-16(2)18(15-23)22-25-19-11-8-9-12-20(19)27(22)21(17)24-13-14-26(3)4/h8-9,11-12H,5-7,10,13-14H2,1-4H3,(H,24,25)/p+2. The molecule has 0 saturated carbocycles. The average Bonchev–Trinajstić information content (AvgIpc) is 3.02. The normalized spacial score (nSPS) is 11.4. The number of aromatic nitrogens is 2. The molecule has 0 spiro atoms. The number of hydrogen-bond acceptors (Lipinski definition) is 2. The molecular weight excluding hydrogens is 334 g/mol. The number of H-pyrrole nitrogens is 1. The van der Waals surface area contributed by atoms with E-state index in [-0.39, 0.29) is 0 Å². The molecule has 3 rings (SSSR count). The Morgan fingerprint density at radius 1 is 1.22 bits per heavy atom. The molecule has 0 aliphatic heterocycles. The van der Waals surface area contributed by atoms with E-state index in [1.807, 2.05) is 6.07 Å². The van der Waals surface area contributed by atoms with E-state index in [0.717, 1.165) is 59.6 Å². The lowest BCUT2D eigenvalue weighted by atomic mass is 9.99. The van der Waals surface area contributed by atoms with E-state index in [4.69, 9.17) is 0 Å². The number of quaternary nitrogens is 1. The summed E-state index contributed by atoms with van der Waals surface area (Å²) < 4.78 is 2.22. The van der Waals surface area contributed by atoms with Crippen LogP contribution >= 0.6 is 0 Å². The molecule has 0 saturated heterocycles. The molecule has 5 nitrogen and oxygen atoms in total. The van der Waals surface area contributed by atoms with Crippen LogP contribution < -0.4 is 14.6 Å². The summed E-state index contributed by atoms with van der Waals surface area (Å²) in [5, 5.41) is 13.6. The van der Waals surface area contributed by atoms with Crippen molar-refractivity contribution in [2.24, 2.45) is 0 Å². The number of nitriles is 1. The van der Waals surface area contributed by atoms with Gasteiger partial charge in [-0.25, -0.2) is 0 Å². The van der Waals surface area contributed by atoms with E-state index in [0.29, 0.717) is 0 Å². The van der Waals surface area contributed by atoms with Crippen LogP contribution in [0.5, 0.6) is 0 Å². The van der Waals surface area contributed by atoms with Crippen LogP contribution in [0.4, 0.5) is 5.82 Å². The van der Waals surface area contributed by atoms with Gasteiger partial charge in [-0.05, 0) is 37.5 Å². The Bertz CT molecular complexity index is 978. The predicted octanol–water partition coefficient (Wildman–Crippen LogP) is 2.38. The van der Waals surface area contributed by atoms with Gasteiger partial charge in [-0.15, -0.1) is 0 Å². The quantitative estimate of drug-likeness (QED) is 0.424. The third kappa shape index (κ3) is 3.77. The third-order valence-electron chi connectivity index (χ3n) is 5.26. The number of likely N-dealkylation sites (N-methyl/N-ethyl adjacent to an activating group) is 1. The molecule has 0 bridgehead atoms. The fourth-order valence-electron chi connectivity index (χ4n) is 3.74.